The fourth-order valence-corrected chi connectivity index (χ4v) is 4.11. The summed E-state index contributed by atoms with van der Waals surface area (Å²) in [6.07, 6.45) is 3.09. The summed E-state index contributed by atoms with van der Waals surface area (Å²) in [5, 5.41) is 0. The van der Waals surface area contributed by atoms with Crippen LogP contribution in [-0.4, -0.2) is 33.2 Å². The average molecular weight is 251 g/mol. The SMILES string of the molecule is CCNS(=O)(=O)CC1(F)OCCC12CCC2. The predicted molar refractivity (Wildman–Crippen MR) is 58.2 cm³/mol. The normalized spacial score (nSPS) is 32.9. The molecule has 0 amide bonds. The predicted octanol–water partition coefficient (Wildman–Crippen LogP) is 1.18. The highest BCUT2D eigenvalue weighted by Gasteiger charge is 2.61. The molecule has 1 unspecified atom stereocenters. The summed E-state index contributed by atoms with van der Waals surface area (Å²) < 4.78 is 45.2. The van der Waals surface area contributed by atoms with E-state index in [1.165, 1.54) is 0 Å². The maximum Gasteiger partial charge on any atom is 0.230 e. The second-order valence-corrected chi connectivity index (χ2v) is 6.52. The molecule has 1 atom stereocenters. The summed E-state index contributed by atoms with van der Waals surface area (Å²) in [7, 11) is -3.57. The van der Waals surface area contributed by atoms with Gasteiger partial charge in [0.05, 0.1) is 6.61 Å². The molecule has 1 aliphatic carbocycles. The van der Waals surface area contributed by atoms with Crippen molar-refractivity contribution in [3.8, 4) is 0 Å². The van der Waals surface area contributed by atoms with Crippen LogP contribution in [0.25, 0.3) is 0 Å². The molecule has 16 heavy (non-hydrogen) atoms. The maximum atomic E-state index is 14.6. The molecule has 2 fully saturated rings. The zero-order valence-corrected chi connectivity index (χ0v) is 10.3. The maximum absolute atomic E-state index is 14.6. The second-order valence-electron chi connectivity index (χ2n) is 4.72. The Bertz CT molecular complexity index is 366. The molecule has 0 aromatic carbocycles. The molecule has 0 aromatic rings. The van der Waals surface area contributed by atoms with Gasteiger partial charge in [-0.2, -0.15) is 0 Å². The Morgan fingerprint density at radius 2 is 2.06 bits per heavy atom. The lowest BCUT2D eigenvalue weighted by Gasteiger charge is -2.45. The van der Waals surface area contributed by atoms with Crippen LogP contribution in [0.3, 0.4) is 0 Å². The third kappa shape index (κ3) is 1.87. The Morgan fingerprint density at radius 1 is 1.38 bits per heavy atom. The number of rotatable bonds is 4. The molecule has 0 aromatic heterocycles. The van der Waals surface area contributed by atoms with Crippen molar-refractivity contribution in [2.45, 2.75) is 38.5 Å². The van der Waals surface area contributed by atoms with Crippen molar-refractivity contribution in [3.63, 3.8) is 0 Å². The first-order valence-corrected chi connectivity index (χ1v) is 7.39. The van der Waals surface area contributed by atoms with Crippen LogP contribution in [0.2, 0.25) is 0 Å². The quantitative estimate of drug-likeness (QED) is 0.816. The summed E-state index contributed by atoms with van der Waals surface area (Å²) in [4.78, 5) is 0. The molecular formula is C10H18FNO3S. The van der Waals surface area contributed by atoms with Crippen molar-refractivity contribution >= 4 is 10.0 Å². The van der Waals surface area contributed by atoms with E-state index in [1.807, 2.05) is 0 Å². The van der Waals surface area contributed by atoms with Gasteiger partial charge in [0.25, 0.3) is 0 Å². The first-order chi connectivity index (χ1) is 7.43. The molecule has 4 nitrogen and oxygen atoms in total. The van der Waals surface area contributed by atoms with E-state index in [1.54, 1.807) is 6.92 Å². The summed E-state index contributed by atoms with van der Waals surface area (Å²) >= 11 is 0. The van der Waals surface area contributed by atoms with Gasteiger partial charge in [-0.25, -0.2) is 17.5 Å². The molecule has 6 heteroatoms. The van der Waals surface area contributed by atoms with Crippen LogP contribution in [0.1, 0.15) is 32.6 Å². The molecule has 1 spiro atoms. The van der Waals surface area contributed by atoms with Crippen molar-refractivity contribution in [3.05, 3.63) is 0 Å². The summed E-state index contributed by atoms with van der Waals surface area (Å²) in [6.45, 7) is 2.29. The van der Waals surface area contributed by atoms with Gasteiger partial charge in [-0.1, -0.05) is 13.3 Å². The van der Waals surface area contributed by atoms with E-state index in [0.717, 1.165) is 19.3 Å². The number of hydrogen-bond acceptors (Lipinski definition) is 3. The number of sulfonamides is 1. The fourth-order valence-electron chi connectivity index (χ4n) is 2.68. The number of halogens is 1. The standard InChI is InChI=1S/C10H18FNO3S/c1-2-12-16(13,14)8-10(11)9(4-3-5-9)6-7-15-10/h12H,2-8H2,1H3. The van der Waals surface area contributed by atoms with Crippen molar-refractivity contribution in [2.24, 2.45) is 5.41 Å². The second kappa shape index (κ2) is 3.92. The Balaban J connectivity index is 2.13. The third-order valence-electron chi connectivity index (χ3n) is 3.75. The van der Waals surface area contributed by atoms with Crippen LogP contribution in [0.4, 0.5) is 4.39 Å². The Labute approximate surface area is 95.6 Å². The molecule has 0 radical (unpaired) electrons. The largest absolute Gasteiger partial charge is 0.345 e. The van der Waals surface area contributed by atoms with Gasteiger partial charge < -0.3 is 4.74 Å². The number of alkyl halides is 1. The van der Waals surface area contributed by atoms with E-state index in [4.69, 9.17) is 4.74 Å². The average Bonchev–Trinajstić information content (AvgIpc) is 2.39. The first kappa shape index (κ1) is 12.3. The summed E-state index contributed by atoms with van der Waals surface area (Å²) in [6, 6.07) is 0. The number of hydrogen-bond donors (Lipinski definition) is 1. The molecule has 1 saturated heterocycles. The van der Waals surface area contributed by atoms with Crippen molar-refractivity contribution in [2.75, 3.05) is 18.9 Å². The van der Waals surface area contributed by atoms with Gasteiger partial charge >= 0.3 is 0 Å². The lowest BCUT2D eigenvalue weighted by Crippen LogP contribution is -2.52. The molecule has 1 aliphatic heterocycles. The first-order valence-electron chi connectivity index (χ1n) is 5.73. The van der Waals surface area contributed by atoms with Gasteiger partial charge in [0.15, 0.2) is 0 Å². The Morgan fingerprint density at radius 3 is 2.56 bits per heavy atom. The van der Waals surface area contributed by atoms with Crippen LogP contribution >= 0.6 is 0 Å². The minimum absolute atomic E-state index is 0.283. The van der Waals surface area contributed by atoms with Gasteiger partial charge in [0.1, 0.15) is 5.75 Å². The van der Waals surface area contributed by atoms with E-state index in [0.29, 0.717) is 13.0 Å². The van der Waals surface area contributed by atoms with Gasteiger partial charge in [-0.15, -0.1) is 0 Å². The number of nitrogens with one attached hydrogen (secondary N) is 1. The van der Waals surface area contributed by atoms with Crippen LogP contribution in [0.5, 0.6) is 0 Å². The fraction of sp³-hybridized carbons (Fsp3) is 1.00. The molecule has 0 bridgehead atoms. The van der Waals surface area contributed by atoms with Crippen LogP contribution in [-0.2, 0) is 14.8 Å². The Kier molecular flexibility index (Phi) is 3.01. The zero-order valence-electron chi connectivity index (χ0n) is 9.46. The molecular weight excluding hydrogens is 233 g/mol. The minimum Gasteiger partial charge on any atom is -0.345 e. The van der Waals surface area contributed by atoms with E-state index in [-0.39, 0.29) is 6.54 Å². The Hall–Kier alpha value is -0.200. The van der Waals surface area contributed by atoms with Gasteiger partial charge in [-0.05, 0) is 19.3 Å². The van der Waals surface area contributed by atoms with Gasteiger partial charge in [0.2, 0.25) is 15.9 Å². The third-order valence-corrected chi connectivity index (χ3v) is 5.23. The lowest BCUT2D eigenvalue weighted by atomic mass is 9.64. The number of ether oxygens (including phenoxy) is 1. The topological polar surface area (TPSA) is 55.4 Å². The summed E-state index contributed by atoms with van der Waals surface area (Å²) in [5.41, 5.74) is -0.532. The molecule has 94 valence electrons. The molecule has 2 aliphatic rings. The van der Waals surface area contributed by atoms with Crippen molar-refractivity contribution in [1.29, 1.82) is 0 Å². The molecule has 2 rings (SSSR count). The van der Waals surface area contributed by atoms with Crippen LogP contribution in [0.15, 0.2) is 0 Å². The van der Waals surface area contributed by atoms with E-state index in [9.17, 15) is 12.8 Å². The molecule has 1 N–H and O–H groups in total. The van der Waals surface area contributed by atoms with Crippen molar-refractivity contribution < 1.29 is 17.5 Å². The smallest absolute Gasteiger partial charge is 0.230 e. The van der Waals surface area contributed by atoms with E-state index in [2.05, 4.69) is 4.72 Å². The van der Waals surface area contributed by atoms with E-state index < -0.39 is 27.0 Å². The van der Waals surface area contributed by atoms with Crippen LogP contribution < -0.4 is 4.72 Å². The van der Waals surface area contributed by atoms with Crippen LogP contribution in [0, 0.1) is 5.41 Å². The highest BCUT2D eigenvalue weighted by atomic mass is 32.2. The van der Waals surface area contributed by atoms with Gasteiger partial charge in [-0.3, -0.25) is 0 Å². The lowest BCUT2D eigenvalue weighted by molar-refractivity contribution is -0.175. The summed E-state index contributed by atoms with van der Waals surface area (Å²) in [5.74, 6) is -2.54. The molecule has 1 heterocycles. The highest BCUT2D eigenvalue weighted by molar-refractivity contribution is 7.89. The zero-order chi connectivity index (χ0) is 11.9. The van der Waals surface area contributed by atoms with Crippen molar-refractivity contribution in [1.82, 2.24) is 4.72 Å². The minimum atomic E-state index is -3.57. The molecule has 1 saturated carbocycles. The van der Waals surface area contributed by atoms with Gasteiger partial charge in [0, 0.05) is 12.0 Å². The van der Waals surface area contributed by atoms with E-state index >= 15 is 0 Å². The monoisotopic (exact) mass is 251 g/mol. The highest BCUT2D eigenvalue weighted by Crippen LogP contribution is 2.58.